The van der Waals surface area contributed by atoms with E-state index in [4.69, 9.17) is 14.7 Å². The van der Waals surface area contributed by atoms with Crippen molar-refractivity contribution in [2.24, 2.45) is 0 Å². The monoisotopic (exact) mass is 421 g/mol. The minimum atomic E-state index is 0.454. The van der Waals surface area contributed by atoms with E-state index in [1.165, 1.54) is 36.2 Å². The summed E-state index contributed by atoms with van der Waals surface area (Å²) in [5.41, 5.74) is 2.59. The quantitative estimate of drug-likeness (QED) is 0.280. The molecule has 3 nitrogen and oxygen atoms in total. The Balaban J connectivity index is 1.26. The first-order valence-corrected chi connectivity index (χ1v) is 11.5. The smallest absolute Gasteiger partial charge is 0.0809 e. The van der Waals surface area contributed by atoms with Crippen LogP contribution in [0.15, 0.2) is 53.9 Å². The first-order valence-electron chi connectivity index (χ1n) is 9.82. The van der Waals surface area contributed by atoms with Crippen LogP contribution in [0.4, 0.5) is 0 Å². The van der Waals surface area contributed by atoms with Crippen molar-refractivity contribution in [2.45, 2.75) is 25.9 Å². The summed E-state index contributed by atoms with van der Waals surface area (Å²) in [5, 5.41) is 13.3. The topological polar surface area (TPSA) is 42.2 Å². The van der Waals surface area contributed by atoms with Crippen molar-refractivity contribution in [2.75, 3.05) is 19.8 Å². The summed E-state index contributed by atoms with van der Waals surface area (Å²) in [6.45, 7) is 2.56. The van der Waals surface area contributed by atoms with Gasteiger partial charge in [0, 0.05) is 14.3 Å². The van der Waals surface area contributed by atoms with Crippen molar-refractivity contribution in [3.8, 4) is 6.07 Å². The number of rotatable bonds is 10. The predicted molar refractivity (Wildman–Crippen MR) is 122 cm³/mol. The minimum absolute atomic E-state index is 0.454. The zero-order chi connectivity index (χ0) is 19.9. The molecule has 0 aliphatic heterocycles. The predicted octanol–water partition coefficient (Wildman–Crippen LogP) is 6.35. The van der Waals surface area contributed by atoms with Gasteiger partial charge in [0.15, 0.2) is 0 Å². The molecule has 0 fully saturated rings. The van der Waals surface area contributed by atoms with E-state index in [-0.39, 0.29) is 0 Å². The molecular formula is C24H23NO2S2. The molecule has 148 valence electrons. The SMILES string of the molecule is N#CCCOCCc1ccc2sc(COCCc3ccc4sccc4c3)cc2c1. The molecule has 0 N–H and O–H groups in total. The summed E-state index contributed by atoms with van der Waals surface area (Å²) in [7, 11) is 0. The largest absolute Gasteiger partial charge is 0.380 e. The first-order chi connectivity index (χ1) is 14.3. The number of nitrogens with zero attached hydrogens (tertiary/aromatic N) is 1. The van der Waals surface area contributed by atoms with Gasteiger partial charge in [-0.3, -0.25) is 0 Å². The van der Waals surface area contributed by atoms with E-state index in [1.54, 1.807) is 22.7 Å². The molecule has 0 amide bonds. The molecule has 0 unspecified atom stereocenters. The highest BCUT2D eigenvalue weighted by Crippen LogP contribution is 2.27. The average molecular weight is 422 g/mol. The lowest BCUT2D eigenvalue weighted by atomic mass is 10.1. The van der Waals surface area contributed by atoms with Gasteiger partial charge in [-0.15, -0.1) is 22.7 Å². The van der Waals surface area contributed by atoms with Crippen LogP contribution in [0.5, 0.6) is 0 Å². The molecule has 0 saturated carbocycles. The van der Waals surface area contributed by atoms with E-state index in [2.05, 4.69) is 60.0 Å². The lowest BCUT2D eigenvalue weighted by molar-refractivity contribution is 0.126. The summed E-state index contributed by atoms with van der Waals surface area (Å²) in [4.78, 5) is 1.26. The van der Waals surface area contributed by atoms with Gasteiger partial charge in [-0.2, -0.15) is 5.26 Å². The number of benzene rings is 2. The molecule has 4 aromatic rings. The molecule has 0 aliphatic rings. The standard InChI is InChI=1S/C24H23NO2S2/c25-9-1-10-26-11-6-19-3-5-24-21(15-19)16-22(29-24)17-27-12-7-18-2-4-23-20(14-18)8-13-28-23/h2-5,8,13-16H,1,6-7,10-12,17H2. The van der Waals surface area contributed by atoms with E-state index in [1.807, 2.05) is 0 Å². The number of nitriles is 1. The molecule has 29 heavy (non-hydrogen) atoms. The maximum atomic E-state index is 8.53. The van der Waals surface area contributed by atoms with Gasteiger partial charge in [0.1, 0.15) is 0 Å². The Labute approximate surface area is 179 Å². The van der Waals surface area contributed by atoms with Crippen LogP contribution >= 0.6 is 22.7 Å². The van der Waals surface area contributed by atoms with Gasteiger partial charge in [0.05, 0.1) is 38.9 Å². The Morgan fingerprint density at radius 3 is 2.38 bits per heavy atom. The van der Waals surface area contributed by atoms with Crippen molar-refractivity contribution in [1.82, 2.24) is 0 Å². The third-order valence-electron chi connectivity index (χ3n) is 4.82. The highest BCUT2D eigenvalue weighted by atomic mass is 32.1. The van der Waals surface area contributed by atoms with Crippen LogP contribution in [0, 0.1) is 11.3 Å². The Kier molecular flexibility index (Phi) is 6.91. The molecule has 2 aromatic heterocycles. The molecule has 2 heterocycles. The molecule has 5 heteroatoms. The Hall–Kier alpha value is -2.23. The van der Waals surface area contributed by atoms with Crippen LogP contribution in [0.25, 0.3) is 20.2 Å². The van der Waals surface area contributed by atoms with Crippen LogP contribution in [0.2, 0.25) is 0 Å². The molecular weight excluding hydrogens is 398 g/mol. The number of ether oxygens (including phenoxy) is 2. The van der Waals surface area contributed by atoms with Crippen molar-refractivity contribution in [1.29, 1.82) is 5.26 Å². The van der Waals surface area contributed by atoms with Gasteiger partial charge < -0.3 is 9.47 Å². The summed E-state index contributed by atoms with van der Waals surface area (Å²) in [5.74, 6) is 0. The van der Waals surface area contributed by atoms with Gasteiger partial charge in [-0.25, -0.2) is 0 Å². The normalized spacial score (nSPS) is 11.3. The van der Waals surface area contributed by atoms with Crippen LogP contribution in [0.3, 0.4) is 0 Å². The number of thiophene rings is 2. The third kappa shape index (κ3) is 5.43. The summed E-state index contributed by atoms with van der Waals surface area (Å²) in [6, 6.07) is 19.8. The molecule has 4 rings (SSSR count). The fourth-order valence-corrected chi connectivity index (χ4v) is 5.07. The lowest BCUT2D eigenvalue weighted by Crippen LogP contribution is -1.99. The summed E-state index contributed by atoms with van der Waals surface area (Å²) in [6.07, 6.45) is 2.26. The van der Waals surface area contributed by atoms with Crippen LogP contribution in [0.1, 0.15) is 22.4 Å². The highest BCUT2D eigenvalue weighted by Gasteiger charge is 2.05. The van der Waals surface area contributed by atoms with Crippen molar-refractivity contribution < 1.29 is 9.47 Å². The molecule has 0 radical (unpaired) electrons. The van der Waals surface area contributed by atoms with E-state index < -0.39 is 0 Å². The summed E-state index contributed by atoms with van der Waals surface area (Å²) < 4.78 is 14.1. The molecule has 0 bridgehead atoms. The third-order valence-corrected chi connectivity index (χ3v) is 6.81. The first kappa shape index (κ1) is 20.1. The van der Waals surface area contributed by atoms with Crippen LogP contribution in [-0.4, -0.2) is 19.8 Å². The number of hydrogen-bond donors (Lipinski definition) is 0. The van der Waals surface area contributed by atoms with Gasteiger partial charge >= 0.3 is 0 Å². The Morgan fingerprint density at radius 2 is 1.55 bits per heavy atom. The molecule has 2 aromatic carbocycles. The van der Waals surface area contributed by atoms with E-state index in [0.29, 0.717) is 26.2 Å². The van der Waals surface area contributed by atoms with Crippen LogP contribution < -0.4 is 0 Å². The minimum Gasteiger partial charge on any atom is -0.380 e. The van der Waals surface area contributed by atoms with Crippen molar-refractivity contribution in [3.63, 3.8) is 0 Å². The van der Waals surface area contributed by atoms with Gasteiger partial charge in [-0.1, -0.05) is 24.3 Å². The molecule has 0 atom stereocenters. The molecule has 0 aliphatic carbocycles. The van der Waals surface area contributed by atoms with Gasteiger partial charge in [-0.05, 0) is 64.4 Å². The second kappa shape index (κ2) is 10.00. The Bertz CT molecular complexity index is 1120. The van der Waals surface area contributed by atoms with E-state index in [0.717, 1.165) is 19.4 Å². The Morgan fingerprint density at radius 1 is 0.793 bits per heavy atom. The number of hydrogen-bond acceptors (Lipinski definition) is 5. The zero-order valence-electron chi connectivity index (χ0n) is 16.2. The average Bonchev–Trinajstić information content (AvgIpc) is 3.36. The van der Waals surface area contributed by atoms with Gasteiger partial charge in [0.2, 0.25) is 0 Å². The second-order valence-corrected chi connectivity index (χ2v) is 9.07. The van der Waals surface area contributed by atoms with Gasteiger partial charge in [0.25, 0.3) is 0 Å². The maximum absolute atomic E-state index is 8.53. The van der Waals surface area contributed by atoms with Crippen molar-refractivity contribution in [3.05, 3.63) is 69.9 Å². The molecule has 0 saturated heterocycles. The van der Waals surface area contributed by atoms with Crippen molar-refractivity contribution >= 4 is 42.8 Å². The second-order valence-electron chi connectivity index (χ2n) is 6.95. The zero-order valence-corrected chi connectivity index (χ0v) is 17.9. The lowest BCUT2D eigenvalue weighted by Gasteiger charge is -2.03. The van der Waals surface area contributed by atoms with E-state index >= 15 is 0 Å². The fourth-order valence-electron chi connectivity index (χ4n) is 3.32. The summed E-state index contributed by atoms with van der Waals surface area (Å²) >= 11 is 3.58. The fraction of sp³-hybridized carbons (Fsp3) is 0.292. The maximum Gasteiger partial charge on any atom is 0.0809 e. The van der Waals surface area contributed by atoms with E-state index in [9.17, 15) is 0 Å². The van der Waals surface area contributed by atoms with Crippen LogP contribution in [-0.2, 0) is 28.9 Å². The number of fused-ring (bicyclic) bond motifs is 2. The molecule has 0 spiro atoms. The highest BCUT2D eigenvalue weighted by molar-refractivity contribution is 7.19.